The zero-order chi connectivity index (χ0) is 12.6. The van der Waals surface area contributed by atoms with Gasteiger partial charge in [0.05, 0.1) is 15.7 Å². The number of aliphatic hydroxyl groups is 1. The summed E-state index contributed by atoms with van der Waals surface area (Å²) in [4.78, 5) is 0.301. The summed E-state index contributed by atoms with van der Waals surface area (Å²) in [5, 5.41) is 9.31. The van der Waals surface area contributed by atoms with Gasteiger partial charge >= 0.3 is 0 Å². The Kier molecular flexibility index (Phi) is 3.45. The Labute approximate surface area is 97.0 Å². The van der Waals surface area contributed by atoms with Crippen molar-refractivity contribution in [2.75, 3.05) is 0 Å². The van der Waals surface area contributed by atoms with Crippen LogP contribution in [-0.2, 0) is 15.4 Å². The van der Waals surface area contributed by atoms with Crippen LogP contribution in [0.1, 0.15) is 33.3 Å². The molecule has 0 spiro atoms. The molecular formula is C12H18O3S. The van der Waals surface area contributed by atoms with Gasteiger partial charge in [0.15, 0.2) is 9.84 Å². The van der Waals surface area contributed by atoms with Crippen LogP contribution < -0.4 is 0 Å². The molecule has 0 atom stereocenters. The molecule has 0 aliphatic heterocycles. The molecule has 4 heteroatoms. The smallest absolute Gasteiger partial charge is 0.180 e. The number of sulfone groups is 1. The fourth-order valence-corrected chi connectivity index (χ4v) is 2.38. The molecule has 1 aromatic carbocycles. The predicted octanol–water partition coefficient (Wildman–Crippen LogP) is 2.10. The van der Waals surface area contributed by atoms with Crippen molar-refractivity contribution in [1.29, 1.82) is 0 Å². The lowest BCUT2D eigenvalue weighted by molar-refractivity contribution is 0.0785. The van der Waals surface area contributed by atoms with Crippen molar-refractivity contribution in [2.24, 2.45) is 0 Å². The lowest BCUT2D eigenvalue weighted by atomic mass is 9.99. The van der Waals surface area contributed by atoms with E-state index >= 15 is 0 Å². The van der Waals surface area contributed by atoms with E-state index in [1.807, 2.05) is 0 Å². The van der Waals surface area contributed by atoms with E-state index in [0.717, 1.165) is 0 Å². The second kappa shape index (κ2) is 4.18. The minimum atomic E-state index is -3.22. The van der Waals surface area contributed by atoms with Crippen LogP contribution in [0.25, 0.3) is 0 Å². The molecule has 1 rings (SSSR count). The van der Waals surface area contributed by atoms with Crippen LogP contribution in [0.15, 0.2) is 29.2 Å². The molecule has 16 heavy (non-hydrogen) atoms. The molecule has 0 heterocycles. The number of rotatable bonds is 3. The van der Waals surface area contributed by atoms with Gasteiger partial charge in [-0.25, -0.2) is 8.42 Å². The highest BCUT2D eigenvalue weighted by atomic mass is 32.2. The van der Waals surface area contributed by atoms with Gasteiger partial charge in [0, 0.05) is 0 Å². The summed E-state index contributed by atoms with van der Waals surface area (Å²) in [6.07, 6.45) is 0. The van der Waals surface area contributed by atoms with Gasteiger partial charge in [-0.15, -0.1) is 0 Å². The highest BCUT2D eigenvalue weighted by molar-refractivity contribution is 7.92. The van der Waals surface area contributed by atoms with Crippen LogP contribution in [0.4, 0.5) is 0 Å². The van der Waals surface area contributed by atoms with Crippen LogP contribution in [0.3, 0.4) is 0 Å². The fraction of sp³-hybridized carbons (Fsp3) is 0.500. The molecule has 0 aliphatic rings. The summed E-state index contributed by atoms with van der Waals surface area (Å²) in [7, 11) is -3.22. The van der Waals surface area contributed by atoms with Gasteiger partial charge in [-0.3, -0.25) is 0 Å². The van der Waals surface area contributed by atoms with Crippen LogP contribution in [0.2, 0.25) is 0 Å². The van der Waals surface area contributed by atoms with Gasteiger partial charge in [0.2, 0.25) is 0 Å². The monoisotopic (exact) mass is 242 g/mol. The molecule has 0 unspecified atom stereocenters. The summed E-state index contributed by atoms with van der Waals surface area (Å²) in [5.41, 5.74) is -0.240. The summed E-state index contributed by atoms with van der Waals surface area (Å²) in [6, 6.07) is 6.38. The average Bonchev–Trinajstić information content (AvgIpc) is 2.16. The van der Waals surface area contributed by atoms with E-state index in [-0.39, 0.29) is 0 Å². The molecule has 0 bridgehead atoms. The van der Waals surface area contributed by atoms with E-state index in [1.54, 1.807) is 52.0 Å². The fourth-order valence-electron chi connectivity index (χ4n) is 1.32. The van der Waals surface area contributed by atoms with Crippen molar-refractivity contribution < 1.29 is 13.5 Å². The topological polar surface area (TPSA) is 54.4 Å². The van der Waals surface area contributed by atoms with Gasteiger partial charge in [-0.05, 0) is 45.4 Å². The molecule has 0 aromatic heterocycles. The first-order chi connectivity index (χ1) is 7.15. The normalized spacial score (nSPS) is 13.1. The molecule has 0 amide bonds. The second-order valence-corrected chi connectivity index (χ2v) is 7.18. The van der Waals surface area contributed by atoms with Crippen molar-refractivity contribution in [3.05, 3.63) is 29.8 Å². The van der Waals surface area contributed by atoms with Crippen LogP contribution in [0.5, 0.6) is 0 Å². The molecule has 1 aromatic rings. The molecule has 0 radical (unpaired) electrons. The SMILES string of the molecule is CC(C)S(=O)(=O)c1ccc(C(C)(C)O)cc1. The third-order valence-electron chi connectivity index (χ3n) is 2.51. The third-order valence-corrected chi connectivity index (χ3v) is 4.68. The Morgan fingerprint density at radius 1 is 1.12 bits per heavy atom. The Bertz CT molecular complexity index is 450. The first-order valence-electron chi connectivity index (χ1n) is 5.22. The predicted molar refractivity (Wildman–Crippen MR) is 64.0 cm³/mol. The van der Waals surface area contributed by atoms with Gasteiger partial charge in [0.25, 0.3) is 0 Å². The zero-order valence-electron chi connectivity index (χ0n) is 10.1. The van der Waals surface area contributed by atoms with Crippen LogP contribution >= 0.6 is 0 Å². The van der Waals surface area contributed by atoms with Crippen molar-refractivity contribution in [1.82, 2.24) is 0 Å². The van der Waals surface area contributed by atoms with E-state index in [0.29, 0.717) is 10.5 Å². The second-order valence-electron chi connectivity index (χ2n) is 4.68. The largest absolute Gasteiger partial charge is 0.386 e. The maximum atomic E-state index is 11.8. The Morgan fingerprint density at radius 2 is 1.56 bits per heavy atom. The average molecular weight is 242 g/mol. The minimum Gasteiger partial charge on any atom is -0.386 e. The van der Waals surface area contributed by atoms with Crippen molar-refractivity contribution in [2.45, 2.75) is 43.4 Å². The van der Waals surface area contributed by atoms with Gasteiger partial charge in [0.1, 0.15) is 0 Å². The van der Waals surface area contributed by atoms with Crippen LogP contribution in [0, 0.1) is 0 Å². The molecule has 90 valence electrons. The van der Waals surface area contributed by atoms with Gasteiger partial charge in [-0.2, -0.15) is 0 Å². The van der Waals surface area contributed by atoms with E-state index in [1.165, 1.54) is 0 Å². The Hall–Kier alpha value is -0.870. The summed E-state index contributed by atoms with van der Waals surface area (Å²) in [5.74, 6) is 0. The molecule has 1 N–H and O–H groups in total. The summed E-state index contributed by atoms with van der Waals surface area (Å²) >= 11 is 0. The van der Waals surface area contributed by atoms with Gasteiger partial charge in [-0.1, -0.05) is 12.1 Å². The van der Waals surface area contributed by atoms with Crippen molar-refractivity contribution in [3.8, 4) is 0 Å². The van der Waals surface area contributed by atoms with E-state index < -0.39 is 20.7 Å². The first kappa shape index (κ1) is 13.2. The molecule has 3 nitrogen and oxygen atoms in total. The summed E-state index contributed by atoms with van der Waals surface area (Å²) < 4.78 is 23.7. The molecule has 0 aliphatic carbocycles. The number of benzene rings is 1. The molecule has 0 saturated heterocycles. The van der Waals surface area contributed by atoms with Crippen molar-refractivity contribution >= 4 is 9.84 Å². The quantitative estimate of drug-likeness (QED) is 0.883. The standard InChI is InChI=1S/C12H18O3S/c1-9(2)16(14,15)11-7-5-10(6-8-11)12(3,4)13/h5-9,13H,1-4H3. The Balaban J connectivity index is 3.15. The number of hydrogen-bond donors (Lipinski definition) is 1. The minimum absolute atomic E-state index is 0.301. The summed E-state index contributed by atoms with van der Waals surface area (Å²) in [6.45, 7) is 6.64. The van der Waals surface area contributed by atoms with E-state index in [4.69, 9.17) is 0 Å². The molecule has 0 fully saturated rings. The van der Waals surface area contributed by atoms with E-state index in [2.05, 4.69) is 0 Å². The Morgan fingerprint density at radius 3 is 1.88 bits per heavy atom. The first-order valence-corrected chi connectivity index (χ1v) is 6.77. The lowest BCUT2D eigenvalue weighted by Gasteiger charge is -2.18. The van der Waals surface area contributed by atoms with Crippen LogP contribution in [-0.4, -0.2) is 18.8 Å². The zero-order valence-corrected chi connectivity index (χ0v) is 10.9. The van der Waals surface area contributed by atoms with E-state index in [9.17, 15) is 13.5 Å². The molecule has 0 saturated carbocycles. The third kappa shape index (κ3) is 2.62. The maximum Gasteiger partial charge on any atom is 0.180 e. The number of hydrogen-bond acceptors (Lipinski definition) is 3. The van der Waals surface area contributed by atoms with Gasteiger partial charge < -0.3 is 5.11 Å². The highest BCUT2D eigenvalue weighted by Crippen LogP contribution is 2.22. The highest BCUT2D eigenvalue weighted by Gasteiger charge is 2.21. The molecular weight excluding hydrogens is 224 g/mol. The van der Waals surface area contributed by atoms with Crippen molar-refractivity contribution in [3.63, 3.8) is 0 Å². The maximum absolute atomic E-state index is 11.8. The lowest BCUT2D eigenvalue weighted by Crippen LogP contribution is -2.17.